The Hall–Kier alpha value is -2.83. The number of para-hydroxylation sites is 1. The molecule has 0 fully saturated rings. The Morgan fingerprint density at radius 1 is 1.52 bits per heavy atom. The first kappa shape index (κ1) is 15.1. The average molecular weight is 313 g/mol. The highest BCUT2D eigenvalue weighted by Gasteiger charge is 2.21. The van der Waals surface area contributed by atoms with E-state index in [0.717, 1.165) is 17.7 Å². The van der Waals surface area contributed by atoms with E-state index in [2.05, 4.69) is 20.3 Å². The number of nitrogens with two attached hydrogens (primary N) is 1. The van der Waals surface area contributed by atoms with Crippen molar-refractivity contribution in [3.05, 3.63) is 57.8 Å². The number of benzene rings is 1. The Morgan fingerprint density at radius 3 is 3.17 bits per heavy atom. The Balaban J connectivity index is 1.70. The molecule has 1 aliphatic rings. The molecule has 7 heteroatoms. The van der Waals surface area contributed by atoms with E-state index in [1.165, 1.54) is 6.20 Å². The molecule has 0 radical (unpaired) electrons. The normalized spacial score (nSPS) is 17.3. The summed E-state index contributed by atoms with van der Waals surface area (Å²) in [6.07, 6.45) is 2.33. The van der Waals surface area contributed by atoms with Crippen molar-refractivity contribution >= 4 is 5.96 Å². The molecule has 0 spiro atoms. The molecule has 1 aliphatic heterocycles. The number of fused-ring (bicyclic) bond motifs is 1. The Labute approximate surface area is 133 Å². The SMILES string of the molecule is Cc1ncc(CN=C(N)NC2CCOc3ccccc32)c(=O)[nH]1. The number of hydrogen-bond acceptors (Lipinski definition) is 4. The Kier molecular flexibility index (Phi) is 4.27. The number of guanidine groups is 1. The molecule has 0 saturated carbocycles. The van der Waals surface area contributed by atoms with E-state index in [-0.39, 0.29) is 18.1 Å². The van der Waals surface area contributed by atoms with Crippen LogP contribution in [0.15, 0.2) is 40.2 Å². The van der Waals surface area contributed by atoms with Crippen molar-refractivity contribution in [2.24, 2.45) is 10.7 Å². The van der Waals surface area contributed by atoms with E-state index in [1.807, 2.05) is 24.3 Å². The van der Waals surface area contributed by atoms with E-state index >= 15 is 0 Å². The number of nitrogens with one attached hydrogen (secondary N) is 2. The van der Waals surface area contributed by atoms with Crippen LogP contribution in [0.3, 0.4) is 0 Å². The zero-order valence-electron chi connectivity index (χ0n) is 12.9. The average Bonchev–Trinajstić information content (AvgIpc) is 2.54. The van der Waals surface area contributed by atoms with Crippen molar-refractivity contribution in [1.29, 1.82) is 0 Å². The quantitative estimate of drug-likeness (QED) is 0.579. The minimum absolute atomic E-state index is 0.0538. The van der Waals surface area contributed by atoms with Crippen molar-refractivity contribution in [2.75, 3.05) is 6.61 Å². The third-order valence-electron chi connectivity index (χ3n) is 3.70. The number of ether oxygens (including phenoxy) is 1. The highest BCUT2D eigenvalue weighted by atomic mass is 16.5. The maximum Gasteiger partial charge on any atom is 0.255 e. The molecular formula is C16H19N5O2. The second-order valence-electron chi connectivity index (χ2n) is 5.40. The molecule has 1 aromatic heterocycles. The summed E-state index contributed by atoms with van der Waals surface area (Å²) in [5, 5.41) is 3.19. The van der Waals surface area contributed by atoms with Gasteiger partial charge in [-0.15, -0.1) is 0 Å². The van der Waals surface area contributed by atoms with Gasteiger partial charge in [0.1, 0.15) is 11.6 Å². The largest absolute Gasteiger partial charge is 0.493 e. The lowest BCUT2D eigenvalue weighted by atomic mass is 10.0. The smallest absolute Gasteiger partial charge is 0.255 e. The lowest BCUT2D eigenvalue weighted by Crippen LogP contribution is -2.37. The summed E-state index contributed by atoms with van der Waals surface area (Å²) in [5.41, 5.74) is 7.31. The minimum Gasteiger partial charge on any atom is -0.493 e. The number of aryl methyl sites for hydroxylation is 1. The molecule has 3 rings (SSSR count). The standard InChI is InChI=1S/C16H19N5O2/c1-10-18-8-11(15(22)20-10)9-19-16(17)21-13-6-7-23-14-5-3-2-4-12(13)14/h2-5,8,13H,6-7,9H2,1H3,(H3,17,19,21)(H,18,20,22). The summed E-state index contributed by atoms with van der Waals surface area (Å²) in [6, 6.07) is 7.91. The predicted molar refractivity (Wildman–Crippen MR) is 87.4 cm³/mol. The number of aromatic amines is 1. The third kappa shape index (κ3) is 3.50. The first-order valence-electron chi connectivity index (χ1n) is 7.46. The van der Waals surface area contributed by atoms with E-state index in [1.54, 1.807) is 6.92 Å². The fourth-order valence-corrected chi connectivity index (χ4v) is 2.51. The van der Waals surface area contributed by atoms with Gasteiger partial charge in [-0.1, -0.05) is 18.2 Å². The highest BCUT2D eigenvalue weighted by molar-refractivity contribution is 5.78. The predicted octanol–water partition coefficient (Wildman–Crippen LogP) is 1.01. The molecule has 2 heterocycles. The summed E-state index contributed by atoms with van der Waals surface area (Å²) in [5.74, 6) is 1.74. The molecule has 1 aromatic carbocycles. The van der Waals surface area contributed by atoms with Gasteiger partial charge in [-0.3, -0.25) is 4.79 Å². The fraction of sp³-hybridized carbons (Fsp3) is 0.312. The van der Waals surface area contributed by atoms with Gasteiger partial charge in [0.15, 0.2) is 5.96 Å². The summed E-state index contributed by atoms with van der Waals surface area (Å²) >= 11 is 0. The van der Waals surface area contributed by atoms with Crippen LogP contribution in [0.25, 0.3) is 0 Å². The second-order valence-corrected chi connectivity index (χ2v) is 5.40. The molecule has 1 unspecified atom stereocenters. The molecule has 0 amide bonds. The molecule has 23 heavy (non-hydrogen) atoms. The number of nitrogens with zero attached hydrogens (tertiary/aromatic N) is 2. The Morgan fingerprint density at radius 2 is 2.35 bits per heavy atom. The van der Waals surface area contributed by atoms with Crippen LogP contribution in [-0.2, 0) is 6.54 Å². The zero-order valence-corrected chi connectivity index (χ0v) is 12.9. The first-order valence-corrected chi connectivity index (χ1v) is 7.46. The third-order valence-corrected chi connectivity index (χ3v) is 3.70. The zero-order chi connectivity index (χ0) is 16.2. The van der Waals surface area contributed by atoms with Gasteiger partial charge in [0, 0.05) is 18.2 Å². The summed E-state index contributed by atoms with van der Waals surface area (Å²) in [6.45, 7) is 2.54. The molecule has 0 aliphatic carbocycles. The van der Waals surface area contributed by atoms with Crippen LogP contribution in [0, 0.1) is 6.92 Å². The van der Waals surface area contributed by atoms with Gasteiger partial charge in [0.2, 0.25) is 0 Å². The summed E-state index contributed by atoms with van der Waals surface area (Å²) in [4.78, 5) is 22.7. The number of hydrogen-bond donors (Lipinski definition) is 3. The van der Waals surface area contributed by atoms with E-state index in [4.69, 9.17) is 10.5 Å². The van der Waals surface area contributed by atoms with Crippen molar-refractivity contribution in [3.8, 4) is 5.75 Å². The lowest BCUT2D eigenvalue weighted by molar-refractivity contribution is 0.262. The highest BCUT2D eigenvalue weighted by Crippen LogP contribution is 2.31. The molecule has 0 bridgehead atoms. The summed E-state index contributed by atoms with van der Waals surface area (Å²) in [7, 11) is 0. The molecule has 4 N–H and O–H groups in total. The van der Waals surface area contributed by atoms with Crippen molar-refractivity contribution in [1.82, 2.24) is 15.3 Å². The van der Waals surface area contributed by atoms with Crippen molar-refractivity contribution < 1.29 is 4.74 Å². The van der Waals surface area contributed by atoms with Gasteiger partial charge in [0.05, 0.1) is 24.8 Å². The molecule has 1 atom stereocenters. The monoisotopic (exact) mass is 313 g/mol. The van der Waals surface area contributed by atoms with E-state index < -0.39 is 0 Å². The van der Waals surface area contributed by atoms with Gasteiger partial charge < -0.3 is 20.8 Å². The van der Waals surface area contributed by atoms with Gasteiger partial charge in [0.25, 0.3) is 5.56 Å². The van der Waals surface area contributed by atoms with Crippen LogP contribution in [0.2, 0.25) is 0 Å². The van der Waals surface area contributed by atoms with Gasteiger partial charge in [-0.25, -0.2) is 9.98 Å². The molecule has 0 saturated heterocycles. The van der Waals surface area contributed by atoms with Gasteiger partial charge in [-0.2, -0.15) is 0 Å². The van der Waals surface area contributed by atoms with Crippen LogP contribution in [-0.4, -0.2) is 22.5 Å². The molecular weight excluding hydrogens is 294 g/mol. The number of H-pyrrole nitrogens is 1. The van der Waals surface area contributed by atoms with E-state index in [9.17, 15) is 4.79 Å². The number of aliphatic imine (C=N–C) groups is 1. The number of aromatic nitrogens is 2. The maximum atomic E-state index is 11.8. The summed E-state index contributed by atoms with van der Waals surface area (Å²) < 4.78 is 5.62. The first-order chi connectivity index (χ1) is 11.1. The van der Waals surface area contributed by atoms with Gasteiger partial charge in [-0.05, 0) is 13.0 Å². The second kappa shape index (κ2) is 6.51. The van der Waals surface area contributed by atoms with Crippen LogP contribution < -0.4 is 21.3 Å². The van der Waals surface area contributed by atoms with Crippen LogP contribution in [0.5, 0.6) is 5.75 Å². The lowest BCUT2D eigenvalue weighted by Gasteiger charge is -2.26. The molecule has 120 valence electrons. The topological polar surface area (TPSA) is 105 Å². The van der Waals surface area contributed by atoms with Crippen molar-refractivity contribution in [3.63, 3.8) is 0 Å². The Bertz CT molecular complexity index is 784. The van der Waals surface area contributed by atoms with Crippen molar-refractivity contribution in [2.45, 2.75) is 25.9 Å². The van der Waals surface area contributed by atoms with Crippen LogP contribution >= 0.6 is 0 Å². The molecule has 2 aromatic rings. The minimum atomic E-state index is -0.189. The number of rotatable bonds is 3. The van der Waals surface area contributed by atoms with E-state index in [0.29, 0.717) is 24.0 Å². The molecule has 7 nitrogen and oxygen atoms in total. The maximum absolute atomic E-state index is 11.8. The van der Waals surface area contributed by atoms with Gasteiger partial charge >= 0.3 is 0 Å². The fourth-order valence-electron chi connectivity index (χ4n) is 2.51. The van der Waals surface area contributed by atoms with Crippen LogP contribution in [0.1, 0.15) is 29.4 Å². The van der Waals surface area contributed by atoms with Crippen LogP contribution in [0.4, 0.5) is 0 Å².